The fourth-order valence-corrected chi connectivity index (χ4v) is 4.36. The number of fused-ring (bicyclic) bond motifs is 1. The SMILES string of the molecule is CC1(C)CC(=O)C2=C(C1)N[C@H]1CCCC[C@@H]1N=C2Nc1ccccc1. The van der Waals surface area contributed by atoms with Gasteiger partial charge in [-0.15, -0.1) is 0 Å². The molecule has 3 aliphatic rings. The van der Waals surface area contributed by atoms with Crippen LogP contribution in [0.25, 0.3) is 0 Å². The van der Waals surface area contributed by atoms with Crippen molar-refractivity contribution in [3.05, 3.63) is 41.6 Å². The molecule has 2 aliphatic carbocycles. The number of para-hydroxylation sites is 1. The van der Waals surface area contributed by atoms with E-state index in [4.69, 9.17) is 4.99 Å². The van der Waals surface area contributed by atoms with Gasteiger partial charge >= 0.3 is 0 Å². The number of allylic oxidation sites excluding steroid dienone is 1. The first-order valence-electron chi connectivity index (χ1n) is 9.45. The first-order valence-corrected chi connectivity index (χ1v) is 9.45. The molecule has 2 N–H and O–H groups in total. The van der Waals surface area contributed by atoms with E-state index < -0.39 is 0 Å². The Balaban J connectivity index is 1.76. The van der Waals surface area contributed by atoms with Crippen molar-refractivity contribution >= 4 is 17.3 Å². The zero-order valence-electron chi connectivity index (χ0n) is 15.1. The summed E-state index contributed by atoms with van der Waals surface area (Å²) in [4.78, 5) is 18.0. The molecule has 2 atom stereocenters. The van der Waals surface area contributed by atoms with E-state index in [-0.39, 0.29) is 17.2 Å². The summed E-state index contributed by atoms with van der Waals surface area (Å²) in [6.07, 6.45) is 6.18. The Hall–Kier alpha value is -2.10. The maximum atomic E-state index is 13.0. The molecule has 1 fully saturated rings. The quantitative estimate of drug-likeness (QED) is 0.813. The van der Waals surface area contributed by atoms with Crippen LogP contribution < -0.4 is 10.6 Å². The van der Waals surface area contributed by atoms with Crippen molar-refractivity contribution < 1.29 is 4.79 Å². The molecule has 0 bridgehead atoms. The minimum absolute atomic E-state index is 0.00920. The smallest absolute Gasteiger partial charge is 0.168 e. The van der Waals surface area contributed by atoms with Crippen LogP contribution in [0.2, 0.25) is 0 Å². The number of carbonyl (C=O) groups is 1. The Labute approximate surface area is 149 Å². The van der Waals surface area contributed by atoms with Crippen LogP contribution >= 0.6 is 0 Å². The Kier molecular flexibility index (Phi) is 4.14. The molecule has 4 rings (SSSR count). The molecule has 0 saturated heterocycles. The molecule has 1 saturated carbocycles. The van der Waals surface area contributed by atoms with Gasteiger partial charge in [0.05, 0.1) is 11.6 Å². The number of benzene rings is 1. The number of carbonyl (C=O) groups excluding carboxylic acids is 1. The van der Waals surface area contributed by atoms with Crippen LogP contribution in [-0.4, -0.2) is 23.7 Å². The molecular formula is C21H27N3O. The zero-order valence-corrected chi connectivity index (χ0v) is 15.1. The van der Waals surface area contributed by atoms with Crippen molar-refractivity contribution in [2.24, 2.45) is 10.4 Å². The van der Waals surface area contributed by atoms with Crippen LogP contribution in [0, 0.1) is 5.41 Å². The van der Waals surface area contributed by atoms with Crippen molar-refractivity contribution in [3.8, 4) is 0 Å². The number of nitrogens with one attached hydrogen (secondary N) is 2. The van der Waals surface area contributed by atoms with E-state index in [1.165, 1.54) is 12.8 Å². The van der Waals surface area contributed by atoms with Gasteiger partial charge in [0.15, 0.2) is 5.78 Å². The first-order chi connectivity index (χ1) is 12.0. The second kappa shape index (κ2) is 6.32. The van der Waals surface area contributed by atoms with Crippen molar-refractivity contribution in [1.29, 1.82) is 0 Å². The second-order valence-corrected chi connectivity index (χ2v) is 8.37. The predicted molar refractivity (Wildman–Crippen MR) is 102 cm³/mol. The Bertz CT molecular complexity index is 733. The van der Waals surface area contributed by atoms with E-state index in [9.17, 15) is 4.79 Å². The van der Waals surface area contributed by atoms with Crippen molar-refractivity contribution in [2.75, 3.05) is 5.32 Å². The molecule has 0 amide bonds. The van der Waals surface area contributed by atoms with E-state index in [1.807, 2.05) is 30.3 Å². The van der Waals surface area contributed by atoms with Gasteiger partial charge in [0.2, 0.25) is 0 Å². The summed E-state index contributed by atoms with van der Waals surface area (Å²) in [6, 6.07) is 10.7. The van der Waals surface area contributed by atoms with E-state index in [0.717, 1.165) is 42.1 Å². The molecule has 0 spiro atoms. The van der Waals surface area contributed by atoms with Gasteiger partial charge < -0.3 is 10.6 Å². The number of Topliss-reactive ketones (excluding diaryl/α,β-unsaturated/α-hetero) is 1. The van der Waals surface area contributed by atoms with E-state index >= 15 is 0 Å². The Morgan fingerprint density at radius 3 is 2.68 bits per heavy atom. The number of rotatable bonds is 1. The van der Waals surface area contributed by atoms with E-state index in [0.29, 0.717) is 12.5 Å². The second-order valence-electron chi connectivity index (χ2n) is 8.37. The van der Waals surface area contributed by atoms with Gasteiger partial charge in [0.1, 0.15) is 5.84 Å². The highest BCUT2D eigenvalue weighted by Crippen LogP contribution is 2.39. The first kappa shape index (κ1) is 16.4. The van der Waals surface area contributed by atoms with Gasteiger partial charge in [-0.1, -0.05) is 44.9 Å². The maximum Gasteiger partial charge on any atom is 0.168 e. The Morgan fingerprint density at radius 1 is 1.12 bits per heavy atom. The number of aliphatic imine (C=N–C) groups is 1. The molecule has 1 aliphatic heterocycles. The largest absolute Gasteiger partial charge is 0.383 e. The highest BCUT2D eigenvalue weighted by Gasteiger charge is 2.39. The molecule has 1 heterocycles. The van der Waals surface area contributed by atoms with Crippen molar-refractivity contribution in [3.63, 3.8) is 0 Å². The highest BCUT2D eigenvalue weighted by molar-refractivity contribution is 6.27. The van der Waals surface area contributed by atoms with Gasteiger partial charge in [-0.25, -0.2) is 0 Å². The summed E-state index contributed by atoms with van der Waals surface area (Å²) in [6.45, 7) is 4.36. The van der Waals surface area contributed by atoms with Gasteiger partial charge in [-0.05, 0) is 36.8 Å². The number of hydrogen-bond donors (Lipinski definition) is 2. The number of ketones is 1. The fourth-order valence-electron chi connectivity index (χ4n) is 4.36. The molecular weight excluding hydrogens is 310 g/mol. The van der Waals surface area contributed by atoms with Crippen LogP contribution in [0.4, 0.5) is 5.69 Å². The van der Waals surface area contributed by atoms with Gasteiger partial charge in [0.25, 0.3) is 0 Å². The topological polar surface area (TPSA) is 53.5 Å². The third-order valence-electron chi connectivity index (χ3n) is 5.53. The average molecular weight is 337 g/mol. The van der Waals surface area contributed by atoms with Crippen LogP contribution in [-0.2, 0) is 4.79 Å². The standard InChI is InChI=1S/C21H27N3O/c1-21(2)12-17-19(18(25)13-21)20(22-14-8-4-3-5-9-14)24-16-11-7-6-10-15(16)23-17/h3-5,8-9,15-16,23H,6-7,10-13H2,1-2H3,(H,22,24)/t15-,16-/m0/s1. The lowest BCUT2D eigenvalue weighted by atomic mass is 9.75. The lowest BCUT2D eigenvalue weighted by Gasteiger charge is -2.35. The molecule has 25 heavy (non-hydrogen) atoms. The Morgan fingerprint density at radius 2 is 1.88 bits per heavy atom. The summed E-state index contributed by atoms with van der Waals surface area (Å²) in [5, 5.41) is 7.17. The minimum Gasteiger partial charge on any atom is -0.383 e. The fraction of sp³-hybridized carbons (Fsp3) is 0.524. The van der Waals surface area contributed by atoms with Crippen molar-refractivity contribution in [2.45, 2.75) is 64.5 Å². The highest BCUT2D eigenvalue weighted by atomic mass is 16.1. The lowest BCUT2D eigenvalue weighted by Crippen LogP contribution is -2.42. The average Bonchev–Trinajstić information content (AvgIpc) is 2.70. The third kappa shape index (κ3) is 3.35. The summed E-state index contributed by atoms with van der Waals surface area (Å²) in [7, 11) is 0. The third-order valence-corrected chi connectivity index (χ3v) is 5.53. The van der Waals surface area contributed by atoms with Crippen LogP contribution in [0.1, 0.15) is 52.4 Å². The summed E-state index contributed by atoms with van der Waals surface area (Å²) in [5.74, 6) is 0.975. The number of anilines is 1. The monoisotopic (exact) mass is 337 g/mol. The normalized spacial score (nSPS) is 28.2. The van der Waals surface area contributed by atoms with Gasteiger partial charge in [-0.2, -0.15) is 0 Å². The van der Waals surface area contributed by atoms with E-state index in [1.54, 1.807) is 0 Å². The number of amidine groups is 1. The molecule has 4 heteroatoms. The molecule has 1 aromatic rings. The summed E-state index contributed by atoms with van der Waals surface area (Å²) < 4.78 is 0. The zero-order chi connectivity index (χ0) is 17.4. The maximum absolute atomic E-state index is 13.0. The lowest BCUT2D eigenvalue weighted by molar-refractivity contribution is -0.117. The molecule has 132 valence electrons. The van der Waals surface area contributed by atoms with Crippen molar-refractivity contribution in [1.82, 2.24) is 5.32 Å². The predicted octanol–water partition coefficient (Wildman–Crippen LogP) is 4.05. The van der Waals surface area contributed by atoms with E-state index in [2.05, 4.69) is 24.5 Å². The summed E-state index contributed by atoms with van der Waals surface area (Å²) >= 11 is 0. The molecule has 0 aromatic heterocycles. The van der Waals surface area contributed by atoms with Gasteiger partial charge in [0, 0.05) is 23.8 Å². The van der Waals surface area contributed by atoms with Crippen LogP contribution in [0.15, 0.2) is 46.6 Å². The molecule has 1 aromatic carbocycles. The minimum atomic E-state index is 0.00920. The van der Waals surface area contributed by atoms with Crippen LogP contribution in [0.5, 0.6) is 0 Å². The number of hydrogen-bond acceptors (Lipinski definition) is 4. The summed E-state index contributed by atoms with van der Waals surface area (Å²) in [5.41, 5.74) is 2.88. The molecule has 0 unspecified atom stereocenters. The molecule has 4 nitrogen and oxygen atoms in total. The number of nitrogens with zero attached hydrogens (tertiary/aromatic N) is 1. The van der Waals surface area contributed by atoms with Crippen LogP contribution in [0.3, 0.4) is 0 Å². The molecule has 0 radical (unpaired) electrons. The van der Waals surface area contributed by atoms with Gasteiger partial charge in [-0.3, -0.25) is 9.79 Å².